The molecule has 1 heterocycles. The fourth-order valence-electron chi connectivity index (χ4n) is 2.63. The van der Waals surface area contributed by atoms with E-state index in [0.717, 1.165) is 31.2 Å². The van der Waals surface area contributed by atoms with E-state index < -0.39 is 41.6 Å². The quantitative estimate of drug-likeness (QED) is 0.705. The van der Waals surface area contributed by atoms with E-state index >= 15 is 0 Å². The van der Waals surface area contributed by atoms with Crippen LogP contribution in [0.15, 0.2) is 24.3 Å². The molecule has 1 fully saturated rings. The second-order valence-electron chi connectivity index (χ2n) is 5.34. The van der Waals surface area contributed by atoms with Crippen molar-refractivity contribution < 1.29 is 37.8 Å². The van der Waals surface area contributed by atoms with Crippen LogP contribution < -0.4 is 15.7 Å². The summed E-state index contributed by atoms with van der Waals surface area (Å²) >= 11 is 0. The van der Waals surface area contributed by atoms with Crippen LogP contribution in [-0.2, 0) is 4.79 Å². The summed E-state index contributed by atoms with van der Waals surface area (Å²) in [6.45, 7) is 0.850. The Bertz CT molecular complexity index is 689. The first-order valence-corrected chi connectivity index (χ1v) is 6.67. The number of ketones is 1. The van der Waals surface area contributed by atoms with Crippen molar-refractivity contribution in [2.24, 2.45) is 5.92 Å². The van der Waals surface area contributed by atoms with Crippen molar-refractivity contribution in [3.05, 3.63) is 35.4 Å². The Labute approximate surface area is 133 Å². The Balaban J connectivity index is 2.52. The summed E-state index contributed by atoms with van der Waals surface area (Å²) in [6.07, 6.45) is -5.30. The molecule has 3 atom stereocenters. The number of carbonyl (C=O) groups is 3. The number of carboxylic acids is 1. The molecule has 1 aromatic carbocycles. The van der Waals surface area contributed by atoms with E-state index in [1.165, 1.54) is 5.32 Å². The lowest BCUT2D eigenvalue weighted by molar-refractivity contribution is -0.290. The summed E-state index contributed by atoms with van der Waals surface area (Å²) in [7, 11) is 0. The van der Waals surface area contributed by atoms with Gasteiger partial charge in [0.2, 0.25) is 5.72 Å². The predicted octanol–water partition coefficient (Wildman–Crippen LogP) is -0.140. The number of amides is 2. The first-order valence-electron chi connectivity index (χ1n) is 6.67. The minimum absolute atomic E-state index is 0.0257. The van der Waals surface area contributed by atoms with Crippen molar-refractivity contribution in [2.75, 3.05) is 0 Å². The average molecular weight is 345 g/mol. The monoisotopic (exact) mass is 345 g/mol. The van der Waals surface area contributed by atoms with E-state index in [9.17, 15) is 37.8 Å². The summed E-state index contributed by atoms with van der Waals surface area (Å²) in [4.78, 5) is 34.0. The van der Waals surface area contributed by atoms with Gasteiger partial charge in [-0.2, -0.15) is 13.2 Å². The zero-order valence-electron chi connectivity index (χ0n) is 12.2. The Morgan fingerprint density at radius 2 is 1.79 bits per heavy atom. The maximum absolute atomic E-state index is 13.2. The molecule has 2 rings (SSSR count). The number of hydrogen-bond donors (Lipinski definition) is 3. The molecular formula is C14H12F3N2O5-. The minimum Gasteiger partial charge on any atom is -0.545 e. The summed E-state index contributed by atoms with van der Waals surface area (Å²) in [5, 5.41) is 24.2. The maximum Gasteiger partial charge on any atom is 0.437 e. The molecule has 0 bridgehead atoms. The number of alkyl halides is 3. The van der Waals surface area contributed by atoms with Gasteiger partial charge in [-0.05, 0) is 18.1 Å². The first-order chi connectivity index (χ1) is 11.0. The van der Waals surface area contributed by atoms with Gasteiger partial charge in [-0.1, -0.05) is 24.3 Å². The number of aromatic carboxylic acids is 1. The molecule has 24 heavy (non-hydrogen) atoms. The van der Waals surface area contributed by atoms with Gasteiger partial charge in [0.15, 0.2) is 0 Å². The largest absolute Gasteiger partial charge is 0.545 e. The van der Waals surface area contributed by atoms with Gasteiger partial charge < -0.3 is 25.6 Å². The van der Waals surface area contributed by atoms with Crippen LogP contribution in [0.3, 0.4) is 0 Å². The van der Waals surface area contributed by atoms with Gasteiger partial charge >= 0.3 is 12.2 Å². The lowest BCUT2D eigenvalue weighted by Crippen LogP contribution is -2.72. The molecule has 2 amide bonds. The van der Waals surface area contributed by atoms with E-state index in [1.807, 2.05) is 0 Å². The smallest absolute Gasteiger partial charge is 0.437 e. The van der Waals surface area contributed by atoms with Gasteiger partial charge in [0.05, 0.1) is 17.9 Å². The van der Waals surface area contributed by atoms with Crippen LogP contribution in [0.5, 0.6) is 0 Å². The molecule has 0 spiro atoms. The van der Waals surface area contributed by atoms with Crippen LogP contribution in [0.1, 0.15) is 28.9 Å². The van der Waals surface area contributed by atoms with Crippen LogP contribution in [0.25, 0.3) is 0 Å². The Morgan fingerprint density at radius 3 is 2.21 bits per heavy atom. The molecule has 130 valence electrons. The first kappa shape index (κ1) is 17.7. The molecule has 0 saturated carbocycles. The standard InChI is InChI=1S/C14H13F3N2O5/c1-6(20)9-10(7-2-4-8(5-3-7)11(21)22)18-12(23)19-13(9,24)14(15,16)17/h2-5,9-10,24H,1H3,(H,21,22)(H2,18,19,23)/p-1/t9-,10+,13-/m1/s1. The number of carboxylic acid groups (broad SMARTS) is 1. The van der Waals surface area contributed by atoms with E-state index in [0.29, 0.717) is 0 Å². The number of aliphatic hydroxyl groups is 1. The number of urea groups is 1. The number of hydrogen-bond acceptors (Lipinski definition) is 5. The molecule has 1 aromatic rings. The van der Waals surface area contributed by atoms with E-state index in [2.05, 4.69) is 5.32 Å². The fourth-order valence-corrected chi connectivity index (χ4v) is 2.63. The van der Waals surface area contributed by atoms with Crippen molar-refractivity contribution in [3.8, 4) is 0 Å². The third kappa shape index (κ3) is 2.92. The number of rotatable bonds is 3. The topological polar surface area (TPSA) is 119 Å². The van der Waals surface area contributed by atoms with Gasteiger partial charge in [-0.15, -0.1) is 0 Å². The Kier molecular flexibility index (Phi) is 4.27. The molecule has 1 aliphatic heterocycles. The molecule has 7 nitrogen and oxygen atoms in total. The van der Waals surface area contributed by atoms with Gasteiger partial charge in [-0.3, -0.25) is 4.79 Å². The zero-order valence-corrected chi connectivity index (χ0v) is 12.2. The van der Waals surface area contributed by atoms with E-state index in [4.69, 9.17) is 0 Å². The van der Waals surface area contributed by atoms with Crippen LogP contribution >= 0.6 is 0 Å². The predicted molar refractivity (Wildman–Crippen MR) is 70.4 cm³/mol. The van der Waals surface area contributed by atoms with E-state index in [1.54, 1.807) is 0 Å². The van der Waals surface area contributed by atoms with Crippen molar-refractivity contribution >= 4 is 17.8 Å². The highest BCUT2D eigenvalue weighted by Crippen LogP contribution is 2.42. The summed E-state index contributed by atoms with van der Waals surface area (Å²) in [6, 6.07) is 1.56. The van der Waals surface area contributed by atoms with Gasteiger partial charge in [0.1, 0.15) is 5.78 Å². The van der Waals surface area contributed by atoms with Crippen molar-refractivity contribution in [1.82, 2.24) is 10.6 Å². The van der Waals surface area contributed by atoms with Crippen LogP contribution in [0, 0.1) is 5.92 Å². The van der Waals surface area contributed by atoms with Crippen molar-refractivity contribution in [2.45, 2.75) is 24.9 Å². The number of carbonyl (C=O) groups excluding carboxylic acids is 3. The van der Waals surface area contributed by atoms with Crippen molar-refractivity contribution in [1.29, 1.82) is 0 Å². The van der Waals surface area contributed by atoms with Gasteiger partial charge in [-0.25, -0.2) is 4.79 Å². The molecule has 3 N–H and O–H groups in total. The lowest BCUT2D eigenvalue weighted by Gasteiger charge is -2.44. The number of Topliss-reactive ketones (excluding diaryl/α,β-unsaturated/α-hetero) is 1. The molecule has 0 aliphatic carbocycles. The molecule has 1 saturated heterocycles. The minimum atomic E-state index is -5.30. The maximum atomic E-state index is 13.2. The van der Waals surface area contributed by atoms with Crippen LogP contribution in [0.4, 0.5) is 18.0 Å². The summed E-state index contributed by atoms with van der Waals surface area (Å²) in [5.41, 5.74) is -3.96. The summed E-state index contributed by atoms with van der Waals surface area (Å²) < 4.78 is 39.7. The number of benzene rings is 1. The SMILES string of the molecule is CC(=O)[C@@H]1[C@H](c2ccc(C(=O)[O-])cc2)NC(=O)N[C@]1(O)C(F)(F)F. The number of nitrogens with one attached hydrogen (secondary N) is 2. The molecule has 0 radical (unpaired) electrons. The Hall–Kier alpha value is -2.62. The lowest BCUT2D eigenvalue weighted by atomic mass is 9.79. The molecule has 10 heteroatoms. The van der Waals surface area contributed by atoms with Crippen LogP contribution in [-0.4, -0.2) is 34.8 Å². The molecule has 0 aromatic heterocycles. The zero-order chi connectivity index (χ0) is 18.3. The van der Waals surface area contributed by atoms with Crippen LogP contribution in [0.2, 0.25) is 0 Å². The molecule has 0 unspecified atom stereocenters. The average Bonchev–Trinajstić information content (AvgIpc) is 2.44. The number of halogens is 3. The second-order valence-corrected chi connectivity index (χ2v) is 5.34. The fraction of sp³-hybridized carbons (Fsp3) is 0.357. The van der Waals surface area contributed by atoms with Gasteiger partial charge in [0.25, 0.3) is 0 Å². The van der Waals surface area contributed by atoms with Crippen molar-refractivity contribution in [3.63, 3.8) is 0 Å². The third-order valence-electron chi connectivity index (χ3n) is 3.75. The summed E-state index contributed by atoms with van der Waals surface area (Å²) in [5.74, 6) is -4.58. The highest BCUT2D eigenvalue weighted by atomic mass is 19.4. The van der Waals surface area contributed by atoms with E-state index in [-0.39, 0.29) is 11.1 Å². The normalized spacial score (nSPS) is 27.1. The highest BCUT2D eigenvalue weighted by Gasteiger charge is 2.65. The third-order valence-corrected chi connectivity index (χ3v) is 3.75. The molecular weight excluding hydrogens is 333 g/mol. The van der Waals surface area contributed by atoms with Gasteiger partial charge in [0, 0.05) is 0 Å². The highest BCUT2D eigenvalue weighted by molar-refractivity contribution is 5.87. The second kappa shape index (κ2) is 5.78. The molecule has 1 aliphatic rings. The Morgan fingerprint density at radius 1 is 1.25 bits per heavy atom.